The van der Waals surface area contributed by atoms with Crippen LogP contribution in [-0.4, -0.2) is 37.7 Å². The summed E-state index contributed by atoms with van der Waals surface area (Å²) in [5, 5.41) is 4.88. The molecule has 0 unspecified atom stereocenters. The van der Waals surface area contributed by atoms with E-state index >= 15 is 0 Å². The lowest BCUT2D eigenvalue weighted by Gasteiger charge is -2.13. The Morgan fingerprint density at radius 3 is 1.42 bits per heavy atom. The molecule has 0 saturated carbocycles. The van der Waals surface area contributed by atoms with E-state index in [2.05, 4.69) is 67.7 Å². The zero-order chi connectivity index (χ0) is 23.5. The smallest absolute Gasteiger partial charge is 0.268 e. The molecule has 3 rings (SSSR count). The first kappa shape index (κ1) is 25.2. The summed E-state index contributed by atoms with van der Waals surface area (Å²) in [5.74, 6) is 0.899. The number of rotatable bonds is 16. The number of nitrogens with one attached hydrogen (secondary N) is 1. The summed E-state index contributed by atoms with van der Waals surface area (Å²) in [7, 11) is 0.651. The van der Waals surface area contributed by atoms with Gasteiger partial charge in [0, 0.05) is 35.0 Å². The highest BCUT2D eigenvalue weighted by molar-refractivity contribution is 6.48. The molecule has 0 atom stereocenters. The lowest BCUT2D eigenvalue weighted by atomic mass is 10.0. The topological polar surface area (TPSA) is 34.2 Å². The van der Waals surface area contributed by atoms with E-state index in [0.717, 1.165) is 49.9 Å². The van der Waals surface area contributed by atoms with Crippen LogP contribution in [0.15, 0.2) is 87.0 Å². The van der Waals surface area contributed by atoms with Gasteiger partial charge in [0.15, 0.2) is 0 Å². The predicted molar refractivity (Wildman–Crippen MR) is 145 cm³/mol. The first-order valence-electron chi connectivity index (χ1n) is 11.4. The maximum Gasteiger partial charge on any atom is 0.268 e. The third kappa shape index (κ3) is 7.27. The highest BCUT2D eigenvalue weighted by Gasteiger charge is 2.11. The van der Waals surface area contributed by atoms with Crippen LogP contribution in [0, 0.1) is 11.8 Å². The van der Waals surface area contributed by atoms with Gasteiger partial charge in [-0.1, -0.05) is 48.6 Å². The summed E-state index contributed by atoms with van der Waals surface area (Å²) in [4.78, 5) is 3.53. The number of allylic oxidation sites excluding steroid dienone is 4. The standard InChI is InChI=1S/C28H33NO2Si2/c1-5-9-21(10-6-2)19-30-32-23-13-15-27-25(17-23)26-18-24(14-16-28(26)29-27)33-31-20-22(11-7-3)12-8-4/h5-8,13-18,21-22,29H,1-4,9-12,19-20H2. The average molecular weight is 472 g/mol. The van der Waals surface area contributed by atoms with E-state index in [1.165, 1.54) is 21.1 Å². The van der Waals surface area contributed by atoms with Gasteiger partial charge in [-0.2, -0.15) is 0 Å². The zero-order valence-corrected chi connectivity index (χ0v) is 21.3. The molecule has 2 aromatic carbocycles. The van der Waals surface area contributed by atoms with Gasteiger partial charge < -0.3 is 13.8 Å². The third-order valence-corrected chi connectivity index (χ3v) is 7.33. The molecule has 33 heavy (non-hydrogen) atoms. The highest BCUT2D eigenvalue weighted by atomic mass is 28.2. The summed E-state index contributed by atoms with van der Waals surface area (Å²) in [6.45, 7) is 16.8. The number of benzene rings is 2. The molecule has 0 aliphatic carbocycles. The minimum Gasteiger partial charge on any atom is -0.411 e. The van der Waals surface area contributed by atoms with Crippen molar-refractivity contribution in [1.29, 1.82) is 0 Å². The number of H-pyrrole nitrogens is 1. The van der Waals surface area contributed by atoms with Gasteiger partial charge in [0.05, 0.1) is 0 Å². The average Bonchev–Trinajstić information content (AvgIpc) is 3.17. The molecule has 0 amide bonds. The second-order valence-corrected chi connectivity index (χ2v) is 10.4. The van der Waals surface area contributed by atoms with Crippen LogP contribution in [0.5, 0.6) is 0 Å². The minimum absolute atomic E-state index is 0.325. The largest absolute Gasteiger partial charge is 0.411 e. The maximum absolute atomic E-state index is 6.05. The third-order valence-electron chi connectivity index (χ3n) is 5.62. The van der Waals surface area contributed by atoms with Gasteiger partial charge in [0.2, 0.25) is 0 Å². The molecule has 0 spiro atoms. The molecule has 1 heterocycles. The number of hydrogen-bond acceptors (Lipinski definition) is 2. The molecule has 0 bridgehead atoms. The molecular formula is C28H33NO2Si2. The lowest BCUT2D eigenvalue weighted by molar-refractivity contribution is 0.266. The molecule has 0 saturated heterocycles. The van der Waals surface area contributed by atoms with Gasteiger partial charge in [0.1, 0.15) is 0 Å². The Balaban J connectivity index is 1.67. The van der Waals surface area contributed by atoms with Gasteiger partial charge in [0.25, 0.3) is 19.5 Å². The summed E-state index contributed by atoms with van der Waals surface area (Å²) < 4.78 is 12.1. The Bertz CT molecular complexity index is 984. The number of aromatic nitrogens is 1. The van der Waals surface area contributed by atoms with E-state index in [1.54, 1.807) is 0 Å². The maximum atomic E-state index is 6.05. The molecule has 4 radical (unpaired) electrons. The summed E-state index contributed by atoms with van der Waals surface area (Å²) in [6, 6.07) is 13.1. The van der Waals surface area contributed by atoms with Crippen molar-refractivity contribution >= 4 is 51.7 Å². The fourth-order valence-electron chi connectivity index (χ4n) is 3.92. The van der Waals surface area contributed by atoms with Gasteiger partial charge in [-0.25, -0.2) is 0 Å². The normalized spacial score (nSPS) is 11.5. The quantitative estimate of drug-likeness (QED) is 0.225. The van der Waals surface area contributed by atoms with Crippen LogP contribution in [0.25, 0.3) is 21.8 Å². The Hall–Kier alpha value is -2.45. The van der Waals surface area contributed by atoms with Crippen molar-refractivity contribution in [3.05, 3.63) is 87.0 Å². The van der Waals surface area contributed by atoms with E-state index < -0.39 is 0 Å². The van der Waals surface area contributed by atoms with E-state index in [0.29, 0.717) is 31.4 Å². The molecule has 0 aliphatic rings. The van der Waals surface area contributed by atoms with E-state index in [4.69, 9.17) is 8.85 Å². The van der Waals surface area contributed by atoms with Crippen LogP contribution < -0.4 is 10.4 Å². The van der Waals surface area contributed by atoms with Crippen molar-refractivity contribution in [2.24, 2.45) is 11.8 Å². The van der Waals surface area contributed by atoms with Crippen LogP contribution in [0.4, 0.5) is 0 Å². The molecule has 170 valence electrons. The van der Waals surface area contributed by atoms with E-state index in [1.807, 2.05) is 24.3 Å². The molecular weight excluding hydrogens is 438 g/mol. The Kier molecular flexibility index (Phi) is 10.2. The van der Waals surface area contributed by atoms with Crippen molar-refractivity contribution in [1.82, 2.24) is 4.98 Å². The van der Waals surface area contributed by atoms with Crippen LogP contribution in [0.3, 0.4) is 0 Å². The molecule has 0 fully saturated rings. The Labute approximate surface area is 203 Å². The van der Waals surface area contributed by atoms with Crippen molar-refractivity contribution in [3.63, 3.8) is 0 Å². The first-order chi connectivity index (χ1) is 16.2. The summed E-state index contributed by atoms with van der Waals surface area (Å²) in [5.41, 5.74) is 2.29. The predicted octanol–water partition coefficient (Wildman–Crippen LogP) is 5.38. The Morgan fingerprint density at radius 2 is 1.06 bits per heavy atom. The van der Waals surface area contributed by atoms with Gasteiger partial charge >= 0.3 is 0 Å². The van der Waals surface area contributed by atoms with Crippen LogP contribution >= 0.6 is 0 Å². The SMILES string of the molecule is C=CCC(CC=C)CO[Si]c1ccc2[nH]c3ccc([Si]OCC(CC=C)CC=C)cc3c2c1. The monoisotopic (exact) mass is 471 g/mol. The van der Waals surface area contributed by atoms with Gasteiger partial charge in [-0.3, -0.25) is 0 Å². The number of hydrogen-bond donors (Lipinski definition) is 1. The summed E-state index contributed by atoms with van der Waals surface area (Å²) >= 11 is 0. The lowest BCUT2D eigenvalue weighted by Crippen LogP contribution is -2.21. The molecule has 0 aliphatic heterocycles. The number of fused-ring (bicyclic) bond motifs is 3. The first-order valence-corrected chi connectivity index (χ1v) is 13.2. The van der Waals surface area contributed by atoms with E-state index in [-0.39, 0.29) is 0 Å². The second-order valence-electron chi connectivity index (χ2n) is 8.30. The summed E-state index contributed by atoms with van der Waals surface area (Å²) in [6.07, 6.45) is 11.6. The van der Waals surface area contributed by atoms with Crippen LogP contribution in [-0.2, 0) is 8.85 Å². The minimum atomic E-state index is 0.325. The molecule has 3 aromatic rings. The zero-order valence-electron chi connectivity index (χ0n) is 19.3. The number of aromatic amines is 1. The highest BCUT2D eigenvalue weighted by Crippen LogP contribution is 2.23. The van der Waals surface area contributed by atoms with E-state index in [9.17, 15) is 0 Å². The van der Waals surface area contributed by atoms with Crippen LogP contribution in [0.2, 0.25) is 0 Å². The van der Waals surface area contributed by atoms with Crippen molar-refractivity contribution < 1.29 is 8.85 Å². The molecule has 5 heteroatoms. The second kappa shape index (κ2) is 13.3. The van der Waals surface area contributed by atoms with Crippen molar-refractivity contribution in [3.8, 4) is 0 Å². The van der Waals surface area contributed by atoms with Gasteiger partial charge in [-0.05, 0) is 60.0 Å². The molecule has 1 aromatic heterocycles. The fourth-order valence-corrected chi connectivity index (χ4v) is 5.60. The Morgan fingerprint density at radius 1 is 0.667 bits per heavy atom. The van der Waals surface area contributed by atoms with Crippen molar-refractivity contribution in [2.45, 2.75) is 25.7 Å². The van der Waals surface area contributed by atoms with Crippen LogP contribution in [0.1, 0.15) is 25.7 Å². The molecule has 1 N–H and O–H groups in total. The molecule has 3 nitrogen and oxygen atoms in total. The van der Waals surface area contributed by atoms with Gasteiger partial charge in [-0.15, -0.1) is 26.3 Å². The fraction of sp³-hybridized carbons (Fsp3) is 0.286. The van der Waals surface area contributed by atoms with Crippen molar-refractivity contribution in [2.75, 3.05) is 13.2 Å².